The Morgan fingerprint density at radius 3 is 3.29 bits per heavy atom. The Morgan fingerprint density at radius 2 is 2.57 bits per heavy atom. The van der Waals surface area contributed by atoms with E-state index in [1.165, 1.54) is 6.33 Å². The molecule has 1 aromatic heterocycles. The third kappa shape index (κ3) is 1.83. The van der Waals surface area contributed by atoms with E-state index in [1.54, 1.807) is 6.20 Å². The van der Waals surface area contributed by atoms with Gasteiger partial charge >= 0.3 is 0 Å². The minimum atomic E-state index is 0.0126. The average Bonchev–Trinajstić information content (AvgIpc) is 2.30. The fourth-order valence-corrected chi connectivity index (χ4v) is 1.56. The molecule has 5 nitrogen and oxygen atoms in total. The molecule has 1 aromatic rings. The zero-order valence-corrected chi connectivity index (χ0v) is 7.83. The fraction of sp³-hybridized carbons (Fsp3) is 0.556. The summed E-state index contributed by atoms with van der Waals surface area (Å²) in [4.78, 5) is 10.1. The lowest BCUT2D eigenvalue weighted by atomic mass is 10.2. The van der Waals surface area contributed by atoms with Gasteiger partial charge in [0.05, 0.1) is 25.9 Å². The van der Waals surface area contributed by atoms with Crippen LogP contribution in [-0.2, 0) is 4.74 Å². The molecule has 0 spiro atoms. The van der Waals surface area contributed by atoms with Crippen LogP contribution in [-0.4, -0.2) is 47.5 Å². The number of hydrogen-bond acceptors (Lipinski definition) is 5. The average molecular weight is 195 g/mol. The van der Waals surface area contributed by atoms with Gasteiger partial charge in [0.15, 0.2) is 0 Å². The summed E-state index contributed by atoms with van der Waals surface area (Å²) in [7, 11) is 0. The van der Waals surface area contributed by atoms with Crippen molar-refractivity contribution < 1.29 is 9.84 Å². The Hall–Kier alpha value is -1.20. The Bertz CT molecular complexity index is 281. The molecule has 0 aromatic carbocycles. The molecule has 1 unspecified atom stereocenters. The fourth-order valence-electron chi connectivity index (χ4n) is 1.56. The van der Waals surface area contributed by atoms with E-state index < -0.39 is 0 Å². The van der Waals surface area contributed by atoms with Gasteiger partial charge in [0.2, 0.25) is 0 Å². The summed E-state index contributed by atoms with van der Waals surface area (Å²) in [5, 5.41) is 9.16. The topological polar surface area (TPSA) is 58.5 Å². The van der Waals surface area contributed by atoms with E-state index in [0.717, 1.165) is 12.4 Å². The molecule has 0 aliphatic carbocycles. The number of anilines is 1. The molecule has 1 atom stereocenters. The number of ether oxygens (including phenoxy) is 1. The van der Waals surface area contributed by atoms with Crippen LogP contribution >= 0.6 is 0 Å². The first-order valence-electron chi connectivity index (χ1n) is 4.63. The van der Waals surface area contributed by atoms with Crippen LogP contribution in [0.25, 0.3) is 0 Å². The second-order valence-electron chi connectivity index (χ2n) is 3.17. The SMILES string of the molecule is OCC1COCCN1c1ccncn1. The molecule has 2 heterocycles. The molecule has 76 valence electrons. The van der Waals surface area contributed by atoms with Gasteiger partial charge in [-0.25, -0.2) is 9.97 Å². The van der Waals surface area contributed by atoms with Gasteiger partial charge in [-0.2, -0.15) is 0 Å². The highest BCUT2D eigenvalue weighted by atomic mass is 16.5. The van der Waals surface area contributed by atoms with Crippen molar-refractivity contribution in [2.75, 3.05) is 31.3 Å². The van der Waals surface area contributed by atoms with Crippen LogP contribution in [0.2, 0.25) is 0 Å². The van der Waals surface area contributed by atoms with E-state index in [9.17, 15) is 0 Å². The molecule has 1 N–H and O–H groups in total. The summed E-state index contributed by atoms with van der Waals surface area (Å²) in [6, 6.07) is 1.85. The molecule has 1 fully saturated rings. The molecule has 1 saturated heterocycles. The number of aromatic nitrogens is 2. The molecule has 1 aliphatic rings. The summed E-state index contributed by atoms with van der Waals surface area (Å²) >= 11 is 0. The summed E-state index contributed by atoms with van der Waals surface area (Å²) in [5.74, 6) is 0.849. The Labute approximate surface area is 82.4 Å². The van der Waals surface area contributed by atoms with E-state index in [2.05, 4.69) is 9.97 Å². The van der Waals surface area contributed by atoms with Crippen molar-refractivity contribution in [2.24, 2.45) is 0 Å². The van der Waals surface area contributed by atoms with Crippen LogP contribution < -0.4 is 4.90 Å². The minimum absolute atomic E-state index is 0.0126. The highest BCUT2D eigenvalue weighted by molar-refractivity contribution is 5.38. The minimum Gasteiger partial charge on any atom is -0.394 e. The molecular formula is C9H13N3O2. The lowest BCUT2D eigenvalue weighted by molar-refractivity contribution is 0.0723. The molecule has 0 radical (unpaired) electrons. The summed E-state index contributed by atoms with van der Waals surface area (Å²) in [6.45, 7) is 2.09. The van der Waals surface area contributed by atoms with Gasteiger partial charge in [-0.15, -0.1) is 0 Å². The van der Waals surface area contributed by atoms with E-state index in [-0.39, 0.29) is 12.6 Å². The standard InChI is InChI=1S/C9H13N3O2/c13-5-8-6-14-4-3-12(8)9-1-2-10-7-11-9/h1-2,7-8,13H,3-6H2. The molecule has 0 amide bonds. The van der Waals surface area contributed by atoms with Gasteiger partial charge in [-0.1, -0.05) is 0 Å². The molecule has 5 heteroatoms. The van der Waals surface area contributed by atoms with Crippen molar-refractivity contribution in [1.82, 2.24) is 9.97 Å². The smallest absolute Gasteiger partial charge is 0.132 e. The Balaban J connectivity index is 2.15. The first kappa shape index (κ1) is 9.36. The van der Waals surface area contributed by atoms with E-state index in [1.807, 2.05) is 11.0 Å². The lowest BCUT2D eigenvalue weighted by Crippen LogP contribution is -2.48. The van der Waals surface area contributed by atoms with Gasteiger partial charge in [-0.3, -0.25) is 0 Å². The van der Waals surface area contributed by atoms with Crippen molar-refractivity contribution >= 4 is 5.82 Å². The molecule has 14 heavy (non-hydrogen) atoms. The number of hydrogen-bond donors (Lipinski definition) is 1. The predicted molar refractivity (Wildman–Crippen MR) is 51.1 cm³/mol. The molecule has 0 bridgehead atoms. The zero-order valence-electron chi connectivity index (χ0n) is 7.83. The maximum atomic E-state index is 9.16. The largest absolute Gasteiger partial charge is 0.394 e. The Morgan fingerprint density at radius 1 is 1.64 bits per heavy atom. The maximum absolute atomic E-state index is 9.16. The molecule has 0 saturated carbocycles. The summed E-state index contributed by atoms with van der Waals surface area (Å²) in [5.41, 5.74) is 0. The maximum Gasteiger partial charge on any atom is 0.132 e. The first-order chi connectivity index (χ1) is 6.92. The number of rotatable bonds is 2. The van der Waals surface area contributed by atoms with Gasteiger partial charge in [0.25, 0.3) is 0 Å². The number of nitrogens with zero attached hydrogens (tertiary/aromatic N) is 3. The first-order valence-corrected chi connectivity index (χ1v) is 4.63. The quantitative estimate of drug-likeness (QED) is 0.700. The van der Waals surface area contributed by atoms with Crippen LogP contribution in [0.4, 0.5) is 5.82 Å². The summed E-state index contributed by atoms with van der Waals surface area (Å²) < 4.78 is 5.28. The van der Waals surface area contributed by atoms with Gasteiger partial charge < -0.3 is 14.7 Å². The van der Waals surface area contributed by atoms with Gasteiger partial charge in [0, 0.05) is 12.7 Å². The highest BCUT2D eigenvalue weighted by Gasteiger charge is 2.22. The van der Waals surface area contributed by atoms with Gasteiger partial charge in [0.1, 0.15) is 12.1 Å². The van der Waals surface area contributed by atoms with Crippen molar-refractivity contribution in [1.29, 1.82) is 0 Å². The van der Waals surface area contributed by atoms with Crippen LogP contribution in [0.3, 0.4) is 0 Å². The third-order valence-electron chi connectivity index (χ3n) is 2.30. The zero-order chi connectivity index (χ0) is 9.80. The van der Waals surface area contributed by atoms with Crippen LogP contribution in [0.1, 0.15) is 0 Å². The Kier molecular flexibility index (Phi) is 2.90. The molecule has 1 aliphatic heterocycles. The monoisotopic (exact) mass is 195 g/mol. The van der Waals surface area contributed by atoms with E-state index in [4.69, 9.17) is 9.84 Å². The van der Waals surface area contributed by atoms with E-state index in [0.29, 0.717) is 13.2 Å². The van der Waals surface area contributed by atoms with E-state index >= 15 is 0 Å². The highest BCUT2D eigenvalue weighted by Crippen LogP contribution is 2.15. The van der Waals surface area contributed by atoms with Crippen LogP contribution in [0.15, 0.2) is 18.6 Å². The normalized spacial score (nSPS) is 22.4. The third-order valence-corrected chi connectivity index (χ3v) is 2.30. The second-order valence-corrected chi connectivity index (χ2v) is 3.17. The molecule has 2 rings (SSSR count). The molecular weight excluding hydrogens is 182 g/mol. The van der Waals surface area contributed by atoms with Crippen molar-refractivity contribution in [3.05, 3.63) is 18.6 Å². The van der Waals surface area contributed by atoms with Crippen LogP contribution in [0.5, 0.6) is 0 Å². The van der Waals surface area contributed by atoms with Crippen molar-refractivity contribution in [3.63, 3.8) is 0 Å². The van der Waals surface area contributed by atoms with Gasteiger partial charge in [-0.05, 0) is 6.07 Å². The van der Waals surface area contributed by atoms with Crippen LogP contribution in [0, 0.1) is 0 Å². The lowest BCUT2D eigenvalue weighted by Gasteiger charge is -2.35. The number of morpholine rings is 1. The number of aliphatic hydroxyl groups excluding tert-OH is 1. The van der Waals surface area contributed by atoms with Crippen molar-refractivity contribution in [3.8, 4) is 0 Å². The predicted octanol–water partition coefficient (Wildman–Crippen LogP) is -0.326. The van der Waals surface area contributed by atoms with Crippen molar-refractivity contribution in [2.45, 2.75) is 6.04 Å². The second kappa shape index (κ2) is 4.34. The summed E-state index contributed by atoms with van der Waals surface area (Å²) in [6.07, 6.45) is 3.21. The number of aliphatic hydroxyl groups is 1.